The molecule has 1 aromatic carbocycles. The van der Waals surface area contributed by atoms with Gasteiger partial charge in [-0.15, -0.1) is 0 Å². The summed E-state index contributed by atoms with van der Waals surface area (Å²) in [6.07, 6.45) is 2.86. The van der Waals surface area contributed by atoms with E-state index in [4.69, 9.17) is 4.74 Å². The molecule has 1 aliphatic heterocycles. The quantitative estimate of drug-likeness (QED) is 0.614. The van der Waals surface area contributed by atoms with Crippen molar-refractivity contribution >= 4 is 17.7 Å². The van der Waals surface area contributed by atoms with Gasteiger partial charge in [0.2, 0.25) is 5.91 Å². The number of pyridine rings is 1. The van der Waals surface area contributed by atoms with Crippen LogP contribution in [-0.2, 0) is 9.53 Å². The lowest BCUT2D eigenvalue weighted by atomic mass is 9.95. The number of carbonyl (C=O) groups excluding carboxylic acids is 2. The topological polar surface area (TPSA) is 89.6 Å². The summed E-state index contributed by atoms with van der Waals surface area (Å²) in [4.78, 5) is 29.7. The van der Waals surface area contributed by atoms with Gasteiger partial charge in [0.25, 0.3) is 0 Å². The molecule has 2 N–H and O–H groups in total. The molecule has 0 radical (unpaired) electrons. The van der Waals surface area contributed by atoms with Crippen molar-refractivity contribution in [2.45, 2.75) is 65.2 Å². The van der Waals surface area contributed by atoms with Crippen LogP contribution < -0.4 is 15.4 Å². The Morgan fingerprint density at radius 1 is 1.21 bits per heavy atom. The van der Waals surface area contributed by atoms with Crippen molar-refractivity contribution in [2.24, 2.45) is 5.92 Å². The van der Waals surface area contributed by atoms with Crippen LogP contribution in [0.4, 0.5) is 19.3 Å². The molecule has 0 saturated heterocycles. The highest BCUT2D eigenvalue weighted by molar-refractivity contribution is 5.97. The lowest BCUT2D eigenvalue weighted by molar-refractivity contribution is -0.119. The van der Waals surface area contributed by atoms with Crippen LogP contribution in [0.15, 0.2) is 36.5 Å². The number of aromatic nitrogens is 1. The molecule has 7 nitrogen and oxygen atoms in total. The van der Waals surface area contributed by atoms with Crippen LogP contribution in [0.5, 0.6) is 5.75 Å². The van der Waals surface area contributed by atoms with Crippen molar-refractivity contribution in [1.82, 2.24) is 10.3 Å². The van der Waals surface area contributed by atoms with E-state index in [-0.39, 0.29) is 17.6 Å². The average Bonchev–Trinajstić information content (AvgIpc) is 2.70. The van der Waals surface area contributed by atoms with Crippen LogP contribution in [0, 0.1) is 5.92 Å². The first-order valence-electron chi connectivity index (χ1n) is 10.9. The number of hydrogen-bond acceptors (Lipinski definition) is 5. The summed E-state index contributed by atoms with van der Waals surface area (Å²) in [6, 6.07) is 7.56. The molecule has 2 bridgehead atoms. The number of rotatable bonds is 3. The first kappa shape index (κ1) is 24.4. The van der Waals surface area contributed by atoms with Crippen LogP contribution in [-0.4, -0.2) is 29.2 Å². The van der Waals surface area contributed by atoms with Crippen molar-refractivity contribution in [1.29, 1.82) is 0 Å². The predicted octanol–water partition coefficient (Wildman–Crippen LogP) is 5.67. The fourth-order valence-corrected chi connectivity index (χ4v) is 3.62. The second-order valence-corrected chi connectivity index (χ2v) is 9.08. The zero-order chi connectivity index (χ0) is 24.2. The number of alkyl carbamates (subject to hydrolysis) is 1. The summed E-state index contributed by atoms with van der Waals surface area (Å²) in [5.74, 6) is -0.607. The van der Waals surface area contributed by atoms with E-state index in [1.165, 1.54) is 12.1 Å². The van der Waals surface area contributed by atoms with E-state index in [1.54, 1.807) is 46.0 Å². The molecule has 2 heterocycles. The van der Waals surface area contributed by atoms with Crippen LogP contribution in [0.3, 0.4) is 0 Å². The summed E-state index contributed by atoms with van der Waals surface area (Å²) >= 11 is 0. The molecule has 2 atom stereocenters. The highest BCUT2D eigenvalue weighted by atomic mass is 19.3. The molecule has 0 spiro atoms. The number of amides is 2. The zero-order valence-corrected chi connectivity index (χ0v) is 19.2. The average molecular weight is 462 g/mol. The Kier molecular flexibility index (Phi) is 7.50. The van der Waals surface area contributed by atoms with E-state index in [1.807, 2.05) is 6.07 Å². The number of hydrogen-bond donors (Lipinski definition) is 2. The summed E-state index contributed by atoms with van der Waals surface area (Å²) in [7, 11) is 0. The third-order valence-electron chi connectivity index (χ3n) is 5.19. The summed E-state index contributed by atoms with van der Waals surface area (Å²) < 4.78 is 35.3. The summed E-state index contributed by atoms with van der Waals surface area (Å²) in [5, 5.41) is 5.74. The Morgan fingerprint density at radius 3 is 2.67 bits per heavy atom. The monoisotopic (exact) mass is 461 g/mol. The zero-order valence-electron chi connectivity index (χ0n) is 19.2. The Morgan fingerprint density at radius 2 is 1.97 bits per heavy atom. The van der Waals surface area contributed by atoms with Crippen molar-refractivity contribution in [3.05, 3.63) is 42.2 Å². The van der Waals surface area contributed by atoms with Crippen molar-refractivity contribution in [2.75, 3.05) is 5.32 Å². The molecule has 0 aliphatic carbocycles. The summed E-state index contributed by atoms with van der Waals surface area (Å²) in [5.41, 5.74) is 1.69. The van der Waals surface area contributed by atoms with E-state index < -0.39 is 24.3 Å². The molecule has 0 saturated carbocycles. The molecule has 0 fully saturated rings. The number of nitrogens with zero attached hydrogens (tertiary/aromatic N) is 1. The Balaban J connectivity index is 2.01. The number of benzene rings is 1. The van der Waals surface area contributed by atoms with E-state index in [2.05, 4.69) is 20.4 Å². The third-order valence-corrected chi connectivity index (χ3v) is 5.19. The van der Waals surface area contributed by atoms with Gasteiger partial charge in [-0.2, -0.15) is 8.78 Å². The Hall–Kier alpha value is -3.23. The fraction of sp³-hybridized carbons (Fsp3) is 0.458. The second-order valence-electron chi connectivity index (χ2n) is 9.08. The molecule has 2 amide bonds. The number of halogens is 2. The number of carbonyl (C=O) groups is 2. The van der Waals surface area contributed by atoms with Gasteiger partial charge in [0.1, 0.15) is 11.4 Å². The normalized spacial score (nSPS) is 18.9. The Bertz CT molecular complexity index is 1010. The van der Waals surface area contributed by atoms with Gasteiger partial charge in [-0.05, 0) is 63.4 Å². The van der Waals surface area contributed by atoms with Crippen LogP contribution in [0.25, 0.3) is 11.1 Å². The minimum atomic E-state index is -2.98. The minimum Gasteiger partial charge on any atom is -0.444 e. The molecule has 1 aliphatic rings. The fourth-order valence-electron chi connectivity index (χ4n) is 3.62. The maximum Gasteiger partial charge on any atom is 0.408 e. The van der Waals surface area contributed by atoms with Gasteiger partial charge in [0, 0.05) is 23.7 Å². The Labute approximate surface area is 191 Å². The largest absolute Gasteiger partial charge is 0.444 e. The van der Waals surface area contributed by atoms with Crippen molar-refractivity contribution in [3.8, 4) is 16.9 Å². The van der Waals surface area contributed by atoms with Gasteiger partial charge in [-0.3, -0.25) is 9.78 Å². The van der Waals surface area contributed by atoms with Gasteiger partial charge in [0.05, 0.1) is 17.4 Å². The molecule has 33 heavy (non-hydrogen) atoms. The molecular weight excluding hydrogens is 432 g/mol. The molecule has 0 unspecified atom stereocenters. The first-order valence-corrected chi connectivity index (χ1v) is 10.9. The molecular formula is C24H29F2N3O4. The van der Waals surface area contributed by atoms with Gasteiger partial charge in [-0.1, -0.05) is 13.3 Å². The van der Waals surface area contributed by atoms with Crippen molar-refractivity contribution < 1.29 is 27.8 Å². The number of nitrogens with one attached hydrogen (secondary N) is 2. The minimum absolute atomic E-state index is 0.0532. The molecule has 9 heteroatoms. The van der Waals surface area contributed by atoms with E-state index in [9.17, 15) is 18.4 Å². The third kappa shape index (κ3) is 6.87. The van der Waals surface area contributed by atoms with E-state index in [0.717, 1.165) is 0 Å². The first-order chi connectivity index (χ1) is 15.5. The smallest absolute Gasteiger partial charge is 0.408 e. The standard InChI is InChI=1S/C24H29F2N3O4/c1-14-6-5-7-18(29-23(31)33-24(2,3)4)20-12-15(10-11-27-20)17-9-8-16(32-22(25)26)13-19(17)28-21(14)30/h8-14,18,22H,5-7H2,1-4H3,(H,28,30)(H,29,31)/t14-,18+/m1/s1. The molecule has 3 rings (SSSR count). The summed E-state index contributed by atoms with van der Waals surface area (Å²) in [6.45, 7) is 4.19. The van der Waals surface area contributed by atoms with E-state index in [0.29, 0.717) is 41.8 Å². The lowest BCUT2D eigenvalue weighted by Gasteiger charge is -2.25. The SMILES string of the molecule is C[C@@H]1CCC[C@H](NC(=O)OC(C)(C)C)c2cc(ccn2)-c2ccc(OC(F)F)cc2NC1=O. The highest BCUT2D eigenvalue weighted by Gasteiger charge is 2.24. The number of anilines is 1. The van der Waals surface area contributed by atoms with Gasteiger partial charge < -0.3 is 20.1 Å². The number of fused-ring (bicyclic) bond motifs is 4. The maximum absolute atomic E-state index is 12.8. The molecule has 1 aromatic heterocycles. The maximum atomic E-state index is 12.8. The van der Waals surface area contributed by atoms with Crippen LogP contribution >= 0.6 is 0 Å². The second kappa shape index (κ2) is 10.1. The van der Waals surface area contributed by atoms with Gasteiger partial charge in [0.15, 0.2) is 0 Å². The lowest BCUT2D eigenvalue weighted by Crippen LogP contribution is -2.35. The van der Waals surface area contributed by atoms with E-state index >= 15 is 0 Å². The number of ether oxygens (including phenoxy) is 2. The van der Waals surface area contributed by atoms with Crippen LogP contribution in [0.2, 0.25) is 0 Å². The predicted molar refractivity (Wildman–Crippen MR) is 120 cm³/mol. The van der Waals surface area contributed by atoms with Gasteiger partial charge in [-0.25, -0.2) is 4.79 Å². The van der Waals surface area contributed by atoms with Crippen molar-refractivity contribution in [3.63, 3.8) is 0 Å². The van der Waals surface area contributed by atoms with Crippen LogP contribution in [0.1, 0.15) is 58.7 Å². The molecule has 2 aromatic rings. The highest BCUT2D eigenvalue weighted by Crippen LogP contribution is 2.34. The van der Waals surface area contributed by atoms with Gasteiger partial charge >= 0.3 is 12.7 Å². The molecule has 178 valence electrons. The number of alkyl halides is 2.